The van der Waals surface area contributed by atoms with Crippen LogP contribution in [-0.2, 0) is 4.79 Å². The second-order valence-corrected chi connectivity index (χ2v) is 2.93. The van der Waals surface area contributed by atoms with Gasteiger partial charge in [-0.05, 0) is 12.2 Å². The molecule has 0 aliphatic carbocycles. The van der Waals surface area contributed by atoms with E-state index in [0.29, 0.717) is 12.2 Å². The minimum absolute atomic E-state index is 0.0108. The van der Waals surface area contributed by atoms with Crippen molar-refractivity contribution in [2.24, 2.45) is 5.73 Å². The number of hydrogen-bond donors (Lipinski definition) is 2. The van der Waals surface area contributed by atoms with E-state index >= 15 is 0 Å². The van der Waals surface area contributed by atoms with Gasteiger partial charge in [-0.1, -0.05) is 0 Å². The molecule has 0 aliphatic heterocycles. The molecule has 0 saturated carbocycles. The molecule has 0 rings (SSSR count). The lowest BCUT2D eigenvalue weighted by Crippen LogP contribution is -2.26. The van der Waals surface area contributed by atoms with Crippen molar-refractivity contribution in [3.8, 4) is 0 Å². The van der Waals surface area contributed by atoms with Crippen LogP contribution in [0.2, 0.25) is 0 Å². The average molecular weight is 245 g/mol. The van der Waals surface area contributed by atoms with E-state index in [4.69, 9.17) is 5.73 Å². The maximum Gasteiger partial charge on any atom is 0.208 e. The van der Waals surface area contributed by atoms with Gasteiger partial charge in [0.15, 0.2) is 0 Å². The molecular weight excluding hydrogens is 237 g/mol. The number of nitrogens with two attached hydrogens (primary N) is 1. The van der Waals surface area contributed by atoms with Gasteiger partial charge < -0.3 is 5.73 Å². The molecular formula is C4H8INOS. The lowest BCUT2D eigenvalue weighted by molar-refractivity contribution is -0.110. The molecule has 0 heterocycles. The molecule has 1 atom stereocenters. The number of hydrogen-bond acceptors (Lipinski definition) is 3. The van der Waals surface area contributed by atoms with Gasteiger partial charge in [0, 0.05) is 22.6 Å². The highest BCUT2D eigenvalue weighted by Gasteiger charge is 2.06. The molecule has 0 spiro atoms. The number of rotatable bonds is 3. The Morgan fingerprint density at radius 3 is 2.50 bits per heavy atom. The number of carbonyl (C=O) groups is 1. The van der Waals surface area contributed by atoms with Crippen LogP contribution in [0.15, 0.2) is 0 Å². The summed E-state index contributed by atoms with van der Waals surface area (Å²) in [7, 11) is 0. The standard InChI is InChI=1S/C4H8INOS/c5-4(7)3(6)1-2-8/h3,8H,1-2,6H2/t3-/m0/s1. The van der Waals surface area contributed by atoms with E-state index < -0.39 is 0 Å². The van der Waals surface area contributed by atoms with Crippen LogP contribution in [0.25, 0.3) is 0 Å². The third-order valence-electron chi connectivity index (χ3n) is 0.732. The minimum atomic E-state index is -0.312. The number of halogens is 1. The fourth-order valence-electron chi connectivity index (χ4n) is 0.253. The van der Waals surface area contributed by atoms with Crippen molar-refractivity contribution >= 4 is 39.0 Å². The van der Waals surface area contributed by atoms with Crippen molar-refractivity contribution in [3.05, 3.63) is 0 Å². The zero-order valence-corrected chi connectivity index (χ0v) is 7.35. The summed E-state index contributed by atoms with van der Waals surface area (Å²) in [5.74, 6) is 0.676. The first-order chi connectivity index (χ1) is 3.68. The first kappa shape index (κ1) is 8.71. The Hall–Kier alpha value is 0.710. The van der Waals surface area contributed by atoms with Crippen molar-refractivity contribution in [3.63, 3.8) is 0 Å². The normalized spacial score (nSPS) is 13.4. The molecule has 0 aromatic carbocycles. The predicted molar refractivity (Wildman–Crippen MR) is 45.5 cm³/mol. The molecule has 8 heavy (non-hydrogen) atoms. The second kappa shape index (κ2) is 4.58. The van der Waals surface area contributed by atoms with E-state index in [0.717, 1.165) is 0 Å². The lowest BCUT2D eigenvalue weighted by atomic mass is 10.3. The fraction of sp³-hybridized carbons (Fsp3) is 0.750. The molecule has 2 nitrogen and oxygen atoms in total. The quantitative estimate of drug-likeness (QED) is 0.434. The van der Waals surface area contributed by atoms with E-state index in [2.05, 4.69) is 12.6 Å². The van der Waals surface area contributed by atoms with Crippen LogP contribution >= 0.6 is 35.2 Å². The van der Waals surface area contributed by atoms with E-state index in [-0.39, 0.29) is 9.83 Å². The van der Waals surface area contributed by atoms with Crippen molar-refractivity contribution in [1.82, 2.24) is 0 Å². The van der Waals surface area contributed by atoms with Crippen LogP contribution in [0, 0.1) is 0 Å². The molecule has 0 unspecified atom stereocenters. The average Bonchev–Trinajstić information content (AvgIpc) is 1.67. The molecule has 0 aliphatic rings. The summed E-state index contributed by atoms with van der Waals surface area (Å²) in [6, 6.07) is -0.312. The summed E-state index contributed by atoms with van der Waals surface area (Å²) >= 11 is 5.61. The number of thiol groups is 1. The third kappa shape index (κ3) is 3.68. The summed E-state index contributed by atoms with van der Waals surface area (Å²) in [4.78, 5) is 10.4. The van der Waals surface area contributed by atoms with Crippen molar-refractivity contribution in [2.45, 2.75) is 12.5 Å². The molecule has 0 bridgehead atoms. The highest BCUT2D eigenvalue weighted by atomic mass is 127. The zero-order chi connectivity index (χ0) is 6.57. The zero-order valence-electron chi connectivity index (χ0n) is 4.30. The van der Waals surface area contributed by atoms with Crippen molar-refractivity contribution in [1.29, 1.82) is 0 Å². The highest BCUT2D eigenvalue weighted by Crippen LogP contribution is 1.97. The topological polar surface area (TPSA) is 43.1 Å². The Kier molecular flexibility index (Phi) is 4.98. The first-order valence-corrected chi connectivity index (χ1v) is 3.95. The van der Waals surface area contributed by atoms with E-state index in [1.165, 1.54) is 0 Å². The molecule has 4 heteroatoms. The largest absolute Gasteiger partial charge is 0.321 e. The van der Waals surface area contributed by atoms with Gasteiger partial charge in [-0.2, -0.15) is 12.6 Å². The molecule has 2 N–H and O–H groups in total. The first-order valence-electron chi connectivity index (χ1n) is 2.24. The van der Waals surface area contributed by atoms with Crippen LogP contribution < -0.4 is 5.73 Å². The monoisotopic (exact) mass is 245 g/mol. The Bertz CT molecular complexity index is 88.1. The molecule has 0 radical (unpaired) electrons. The fourth-order valence-corrected chi connectivity index (χ4v) is 0.842. The highest BCUT2D eigenvalue weighted by molar-refractivity contribution is 14.1. The molecule has 0 aromatic heterocycles. The van der Waals surface area contributed by atoms with Crippen LogP contribution in [0.1, 0.15) is 6.42 Å². The Labute approximate surface area is 67.8 Å². The van der Waals surface area contributed by atoms with Gasteiger partial charge in [0.05, 0.1) is 6.04 Å². The smallest absolute Gasteiger partial charge is 0.208 e. The van der Waals surface area contributed by atoms with E-state index in [1.54, 1.807) is 22.6 Å². The maximum absolute atomic E-state index is 10.4. The molecule has 0 aromatic rings. The Morgan fingerprint density at radius 1 is 1.88 bits per heavy atom. The number of carbonyl (C=O) groups excluding carboxylic acids is 1. The van der Waals surface area contributed by atoms with E-state index in [1.807, 2.05) is 0 Å². The molecule has 0 fully saturated rings. The molecule has 0 saturated heterocycles. The van der Waals surface area contributed by atoms with Crippen LogP contribution in [0.5, 0.6) is 0 Å². The van der Waals surface area contributed by atoms with Crippen LogP contribution in [0.4, 0.5) is 0 Å². The van der Waals surface area contributed by atoms with Gasteiger partial charge in [-0.15, -0.1) is 0 Å². The Balaban J connectivity index is 3.32. The van der Waals surface area contributed by atoms with Gasteiger partial charge in [0.2, 0.25) is 3.79 Å². The van der Waals surface area contributed by atoms with Gasteiger partial charge in [0.1, 0.15) is 0 Å². The predicted octanol–water partition coefficient (Wildman–Crippen LogP) is 0.595. The van der Waals surface area contributed by atoms with Gasteiger partial charge in [-0.25, -0.2) is 0 Å². The lowest BCUT2D eigenvalue weighted by Gasteiger charge is -2.00. The minimum Gasteiger partial charge on any atom is -0.321 e. The van der Waals surface area contributed by atoms with Gasteiger partial charge in [0.25, 0.3) is 0 Å². The van der Waals surface area contributed by atoms with Gasteiger partial charge in [-0.3, -0.25) is 4.79 Å². The summed E-state index contributed by atoms with van der Waals surface area (Å²) in [5, 5.41) is 0. The van der Waals surface area contributed by atoms with E-state index in [9.17, 15) is 4.79 Å². The summed E-state index contributed by atoms with van der Waals surface area (Å²) in [6.07, 6.45) is 0.672. The Morgan fingerprint density at radius 2 is 2.38 bits per heavy atom. The van der Waals surface area contributed by atoms with Crippen LogP contribution in [0.3, 0.4) is 0 Å². The van der Waals surface area contributed by atoms with Gasteiger partial charge >= 0.3 is 0 Å². The third-order valence-corrected chi connectivity index (χ3v) is 1.79. The second-order valence-electron chi connectivity index (χ2n) is 1.42. The summed E-state index contributed by atoms with van der Waals surface area (Å²) in [6.45, 7) is 0. The summed E-state index contributed by atoms with van der Waals surface area (Å²) in [5.41, 5.74) is 5.32. The van der Waals surface area contributed by atoms with Crippen molar-refractivity contribution < 1.29 is 4.79 Å². The molecule has 48 valence electrons. The van der Waals surface area contributed by atoms with Crippen molar-refractivity contribution in [2.75, 3.05) is 5.75 Å². The maximum atomic E-state index is 10.4. The SMILES string of the molecule is N[C@@H](CCS)C(=O)I. The molecule has 0 amide bonds. The summed E-state index contributed by atoms with van der Waals surface area (Å²) < 4.78 is 0.0108. The van der Waals surface area contributed by atoms with Crippen LogP contribution in [-0.4, -0.2) is 15.6 Å².